The Morgan fingerprint density at radius 1 is 1.22 bits per heavy atom. The van der Waals surface area contributed by atoms with E-state index in [0.717, 1.165) is 28.9 Å². The Balaban J connectivity index is 1.87. The van der Waals surface area contributed by atoms with Crippen molar-refractivity contribution in [3.05, 3.63) is 48.4 Å². The smallest absolute Gasteiger partial charge is 0.269 e. The van der Waals surface area contributed by atoms with Gasteiger partial charge in [-0.2, -0.15) is 0 Å². The number of carbonyl (C=O) groups is 1. The number of aromatic nitrogens is 3. The molecule has 0 aliphatic carbocycles. The number of piperidine rings is 1. The molecular weight excluding hydrogens is 428 g/mol. The molecule has 3 aromatic rings. The van der Waals surface area contributed by atoms with Crippen LogP contribution in [0.5, 0.6) is 0 Å². The van der Waals surface area contributed by atoms with Gasteiger partial charge < -0.3 is 16.0 Å². The van der Waals surface area contributed by atoms with Gasteiger partial charge in [0.05, 0.1) is 10.3 Å². The van der Waals surface area contributed by atoms with E-state index in [1.54, 1.807) is 44.2 Å². The lowest BCUT2D eigenvalue weighted by molar-refractivity contribution is -0.122. The second kappa shape index (κ2) is 8.18. The zero-order chi connectivity index (χ0) is 23.1. The van der Waals surface area contributed by atoms with Crippen LogP contribution in [0.25, 0.3) is 11.0 Å². The zero-order valence-corrected chi connectivity index (χ0v) is 19.3. The molecule has 1 amide bonds. The first-order valence-electron chi connectivity index (χ1n) is 10.6. The molecule has 1 saturated heterocycles. The molecule has 4 rings (SSSR count). The standard InChI is InChI=1S/C22H28N6O3S/c1-15-6-8-17(9-7-15)32(30,31)27-12-10-18-19(27)25-14-26-20(18)28(22(2,3)21(23)29)16-5-4-11-24-13-16/h6-10,12,14,16,24H,4-5,11,13H2,1-3H3,(H2,23,29). The molecule has 1 aliphatic rings. The maximum Gasteiger partial charge on any atom is 0.269 e. The highest BCUT2D eigenvalue weighted by Crippen LogP contribution is 2.34. The fourth-order valence-corrected chi connectivity index (χ4v) is 5.49. The fourth-order valence-electron chi connectivity index (χ4n) is 4.19. The lowest BCUT2D eigenvalue weighted by Gasteiger charge is -2.44. The fraction of sp³-hybridized carbons (Fsp3) is 0.409. The number of rotatable bonds is 6. The molecule has 1 fully saturated rings. The minimum atomic E-state index is -3.85. The van der Waals surface area contributed by atoms with Crippen molar-refractivity contribution in [3.8, 4) is 0 Å². The predicted molar refractivity (Wildman–Crippen MR) is 123 cm³/mol. The number of primary amides is 1. The van der Waals surface area contributed by atoms with Gasteiger partial charge in [-0.1, -0.05) is 17.7 Å². The molecule has 10 heteroatoms. The van der Waals surface area contributed by atoms with Gasteiger partial charge in [-0.05, 0) is 58.4 Å². The summed E-state index contributed by atoms with van der Waals surface area (Å²) in [6, 6.07) is 8.32. The second-order valence-electron chi connectivity index (χ2n) is 8.66. The molecular formula is C22H28N6O3S. The number of anilines is 1. The molecule has 0 bridgehead atoms. The quantitative estimate of drug-likeness (QED) is 0.580. The van der Waals surface area contributed by atoms with Crippen molar-refractivity contribution in [2.75, 3.05) is 18.0 Å². The summed E-state index contributed by atoms with van der Waals surface area (Å²) < 4.78 is 27.8. The van der Waals surface area contributed by atoms with Crippen molar-refractivity contribution in [1.82, 2.24) is 19.3 Å². The van der Waals surface area contributed by atoms with Gasteiger partial charge in [0.25, 0.3) is 10.0 Å². The number of amides is 1. The van der Waals surface area contributed by atoms with Crippen LogP contribution in [0, 0.1) is 6.92 Å². The van der Waals surface area contributed by atoms with Gasteiger partial charge >= 0.3 is 0 Å². The van der Waals surface area contributed by atoms with Gasteiger partial charge in [0.15, 0.2) is 5.65 Å². The highest BCUT2D eigenvalue weighted by atomic mass is 32.2. The highest BCUT2D eigenvalue weighted by molar-refractivity contribution is 7.90. The third kappa shape index (κ3) is 3.73. The Morgan fingerprint density at radius 2 is 1.94 bits per heavy atom. The lowest BCUT2D eigenvalue weighted by Crippen LogP contribution is -2.61. The van der Waals surface area contributed by atoms with Gasteiger partial charge in [0, 0.05) is 18.8 Å². The van der Waals surface area contributed by atoms with Crippen LogP contribution >= 0.6 is 0 Å². The SMILES string of the molecule is Cc1ccc(S(=O)(=O)n2ccc3c(N(C4CCCNC4)C(C)(C)C(N)=O)ncnc32)cc1. The number of carbonyl (C=O) groups excluding carboxylic acids is 1. The van der Waals surface area contributed by atoms with Crippen molar-refractivity contribution >= 4 is 32.8 Å². The summed E-state index contributed by atoms with van der Waals surface area (Å²) in [4.78, 5) is 23.3. The third-order valence-corrected chi connectivity index (χ3v) is 7.75. The monoisotopic (exact) mass is 456 g/mol. The van der Waals surface area contributed by atoms with Crippen molar-refractivity contribution in [3.63, 3.8) is 0 Å². The van der Waals surface area contributed by atoms with Crippen LogP contribution in [-0.2, 0) is 14.8 Å². The first kappa shape index (κ1) is 22.2. The van der Waals surface area contributed by atoms with Crippen molar-refractivity contribution in [1.29, 1.82) is 0 Å². The first-order valence-corrected chi connectivity index (χ1v) is 12.0. The van der Waals surface area contributed by atoms with E-state index in [-0.39, 0.29) is 16.6 Å². The van der Waals surface area contributed by atoms with Crippen molar-refractivity contribution in [2.45, 2.75) is 50.1 Å². The average Bonchev–Trinajstić information content (AvgIpc) is 3.21. The molecule has 0 radical (unpaired) electrons. The van der Waals surface area contributed by atoms with E-state index >= 15 is 0 Å². The Kier molecular flexibility index (Phi) is 5.68. The van der Waals surface area contributed by atoms with Gasteiger partial charge in [-0.3, -0.25) is 4.79 Å². The van der Waals surface area contributed by atoms with E-state index in [4.69, 9.17) is 5.73 Å². The second-order valence-corrected chi connectivity index (χ2v) is 10.5. The largest absolute Gasteiger partial charge is 0.368 e. The molecule has 3 heterocycles. The van der Waals surface area contributed by atoms with Crippen LogP contribution in [0.15, 0.2) is 47.8 Å². The van der Waals surface area contributed by atoms with E-state index in [2.05, 4.69) is 15.3 Å². The van der Waals surface area contributed by atoms with E-state index in [9.17, 15) is 13.2 Å². The highest BCUT2D eigenvalue weighted by Gasteiger charge is 2.40. The average molecular weight is 457 g/mol. The van der Waals surface area contributed by atoms with Crippen LogP contribution < -0.4 is 16.0 Å². The van der Waals surface area contributed by atoms with E-state index in [0.29, 0.717) is 17.7 Å². The molecule has 3 N–H and O–H groups in total. The Morgan fingerprint density at radius 3 is 2.56 bits per heavy atom. The summed E-state index contributed by atoms with van der Waals surface area (Å²) in [6.07, 6.45) is 4.62. The summed E-state index contributed by atoms with van der Waals surface area (Å²) in [7, 11) is -3.85. The van der Waals surface area contributed by atoms with Crippen LogP contribution in [0.2, 0.25) is 0 Å². The minimum absolute atomic E-state index is 0.0265. The molecule has 170 valence electrons. The minimum Gasteiger partial charge on any atom is -0.368 e. The number of hydrogen-bond donors (Lipinski definition) is 2. The maximum atomic E-state index is 13.3. The number of aryl methyl sites for hydroxylation is 1. The number of hydrogen-bond acceptors (Lipinski definition) is 7. The van der Waals surface area contributed by atoms with E-state index in [1.807, 2.05) is 11.8 Å². The number of fused-ring (bicyclic) bond motifs is 1. The molecule has 0 spiro atoms. The molecule has 2 aromatic heterocycles. The van der Waals surface area contributed by atoms with Crippen LogP contribution in [0.1, 0.15) is 32.3 Å². The van der Waals surface area contributed by atoms with Gasteiger partial charge in [-0.15, -0.1) is 0 Å². The molecule has 32 heavy (non-hydrogen) atoms. The third-order valence-electron chi connectivity index (χ3n) is 6.07. The number of nitrogens with two attached hydrogens (primary N) is 1. The summed E-state index contributed by atoms with van der Waals surface area (Å²) in [5.41, 5.74) is 5.96. The molecule has 0 saturated carbocycles. The number of nitrogens with zero attached hydrogens (tertiary/aromatic N) is 4. The molecule has 1 aromatic carbocycles. The lowest BCUT2D eigenvalue weighted by atomic mass is 9.95. The topological polar surface area (TPSA) is 123 Å². The molecule has 1 atom stereocenters. The van der Waals surface area contributed by atoms with Crippen molar-refractivity contribution in [2.24, 2.45) is 5.73 Å². The maximum absolute atomic E-state index is 13.3. The summed E-state index contributed by atoms with van der Waals surface area (Å²) in [6.45, 7) is 7.00. The Labute approximate surface area is 187 Å². The normalized spacial score (nSPS) is 17.4. The molecule has 9 nitrogen and oxygen atoms in total. The van der Waals surface area contributed by atoms with Gasteiger partial charge in [0.1, 0.15) is 17.7 Å². The predicted octanol–water partition coefficient (Wildman–Crippen LogP) is 1.80. The summed E-state index contributed by atoms with van der Waals surface area (Å²) in [5.74, 6) is 0.00639. The summed E-state index contributed by atoms with van der Waals surface area (Å²) in [5, 5.41) is 3.91. The first-order chi connectivity index (χ1) is 15.1. The van der Waals surface area contributed by atoms with E-state index < -0.39 is 21.5 Å². The Bertz CT molecular complexity index is 1240. The number of benzene rings is 1. The summed E-state index contributed by atoms with van der Waals surface area (Å²) >= 11 is 0. The molecule has 1 aliphatic heterocycles. The number of nitrogens with one attached hydrogen (secondary N) is 1. The zero-order valence-electron chi connectivity index (χ0n) is 18.4. The van der Waals surface area contributed by atoms with Gasteiger partial charge in [0.2, 0.25) is 5.91 Å². The van der Waals surface area contributed by atoms with Crippen LogP contribution in [-0.4, -0.2) is 52.9 Å². The van der Waals surface area contributed by atoms with E-state index in [1.165, 1.54) is 12.5 Å². The Hall–Kier alpha value is -2.98. The van der Waals surface area contributed by atoms with Crippen LogP contribution in [0.3, 0.4) is 0 Å². The van der Waals surface area contributed by atoms with Crippen LogP contribution in [0.4, 0.5) is 5.82 Å². The van der Waals surface area contributed by atoms with Gasteiger partial charge in [-0.25, -0.2) is 22.4 Å². The molecule has 1 unspecified atom stereocenters. The van der Waals surface area contributed by atoms with Crippen molar-refractivity contribution < 1.29 is 13.2 Å².